The number of rotatable bonds is 7. The molecule has 1 heterocycles. The molecule has 0 unspecified atom stereocenters. The van der Waals surface area contributed by atoms with Gasteiger partial charge in [-0.1, -0.05) is 42.4 Å². The second kappa shape index (κ2) is 6.44. The molecule has 2 aromatic rings. The van der Waals surface area contributed by atoms with E-state index in [4.69, 9.17) is 4.52 Å². The second-order valence-corrected chi connectivity index (χ2v) is 6.33. The molecular formula is C18H24N2O. The second-order valence-electron chi connectivity index (χ2n) is 6.33. The van der Waals surface area contributed by atoms with Crippen LogP contribution in [0.25, 0.3) is 0 Å². The van der Waals surface area contributed by atoms with Crippen LogP contribution in [0.4, 0.5) is 0 Å². The van der Waals surface area contributed by atoms with Crippen molar-refractivity contribution >= 4 is 0 Å². The lowest BCUT2D eigenvalue weighted by Gasteiger charge is -2.18. The molecule has 1 aliphatic carbocycles. The van der Waals surface area contributed by atoms with E-state index in [-0.39, 0.29) is 0 Å². The van der Waals surface area contributed by atoms with Crippen molar-refractivity contribution in [2.75, 3.05) is 13.6 Å². The number of benzene rings is 1. The van der Waals surface area contributed by atoms with Crippen LogP contribution in [-0.2, 0) is 6.54 Å². The first kappa shape index (κ1) is 14.3. The standard InChI is InChI=1S/C18H24N2O/c1-14(15-6-4-3-5-7-15)10-11-20(2)13-17-12-18(21-19-17)16-8-9-16/h3-7,12,14,16H,8-11,13H2,1-2H3/t14-/m1/s1. The molecule has 1 aromatic carbocycles. The van der Waals surface area contributed by atoms with E-state index in [0.717, 1.165) is 31.0 Å². The van der Waals surface area contributed by atoms with E-state index in [2.05, 4.69) is 60.4 Å². The highest BCUT2D eigenvalue weighted by Gasteiger charge is 2.27. The zero-order chi connectivity index (χ0) is 14.7. The van der Waals surface area contributed by atoms with Crippen LogP contribution in [0.1, 0.15) is 55.0 Å². The lowest BCUT2D eigenvalue weighted by Crippen LogP contribution is -2.20. The van der Waals surface area contributed by atoms with Crippen molar-refractivity contribution in [1.29, 1.82) is 0 Å². The molecule has 0 saturated heterocycles. The number of aromatic nitrogens is 1. The van der Waals surface area contributed by atoms with Crippen molar-refractivity contribution in [3.63, 3.8) is 0 Å². The van der Waals surface area contributed by atoms with Crippen molar-refractivity contribution in [2.24, 2.45) is 0 Å². The average molecular weight is 284 g/mol. The van der Waals surface area contributed by atoms with Gasteiger partial charge in [-0.3, -0.25) is 0 Å². The Labute approximate surface area is 126 Å². The zero-order valence-corrected chi connectivity index (χ0v) is 13.0. The summed E-state index contributed by atoms with van der Waals surface area (Å²) in [6, 6.07) is 12.9. The van der Waals surface area contributed by atoms with Crippen LogP contribution < -0.4 is 0 Å². The van der Waals surface area contributed by atoms with E-state index in [1.807, 2.05) is 0 Å². The highest BCUT2D eigenvalue weighted by atomic mass is 16.5. The summed E-state index contributed by atoms with van der Waals surface area (Å²) in [5.41, 5.74) is 2.48. The van der Waals surface area contributed by atoms with E-state index in [1.165, 1.54) is 18.4 Å². The molecule has 1 aromatic heterocycles. The number of nitrogens with zero attached hydrogens (tertiary/aromatic N) is 2. The Morgan fingerprint density at radius 1 is 1.29 bits per heavy atom. The number of hydrogen-bond acceptors (Lipinski definition) is 3. The fourth-order valence-electron chi connectivity index (χ4n) is 2.68. The molecule has 112 valence electrons. The summed E-state index contributed by atoms with van der Waals surface area (Å²) in [4.78, 5) is 2.33. The van der Waals surface area contributed by atoms with Gasteiger partial charge in [0.15, 0.2) is 0 Å². The highest BCUT2D eigenvalue weighted by Crippen LogP contribution is 2.40. The van der Waals surface area contributed by atoms with Crippen LogP contribution in [0.15, 0.2) is 40.9 Å². The van der Waals surface area contributed by atoms with Crippen LogP contribution in [0.2, 0.25) is 0 Å². The first-order valence-corrected chi connectivity index (χ1v) is 7.91. The zero-order valence-electron chi connectivity index (χ0n) is 13.0. The summed E-state index contributed by atoms with van der Waals surface area (Å²) in [5, 5.41) is 4.19. The summed E-state index contributed by atoms with van der Waals surface area (Å²) < 4.78 is 5.41. The quantitative estimate of drug-likeness (QED) is 0.764. The molecule has 0 spiro atoms. The van der Waals surface area contributed by atoms with Gasteiger partial charge in [0.25, 0.3) is 0 Å². The van der Waals surface area contributed by atoms with Gasteiger partial charge < -0.3 is 9.42 Å². The van der Waals surface area contributed by atoms with Gasteiger partial charge in [0.1, 0.15) is 5.76 Å². The maximum absolute atomic E-state index is 5.41. The summed E-state index contributed by atoms with van der Waals surface area (Å²) in [5.74, 6) is 2.32. The molecule has 0 N–H and O–H groups in total. The van der Waals surface area contributed by atoms with Gasteiger partial charge in [0, 0.05) is 18.5 Å². The van der Waals surface area contributed by atoms with Gasteiger partial charge in [-0.15, -0.1) is 0 Å². The molecule has 1 saturated carbocycles. The van der Waals surface area contributed by atoms with Crippen molar-refractivity contribution in [2.45, 2.75) is 44.6 Å². The third-order valence-corrected chi connectivity index (χ3v) is 4.30. The van der Waals surface area contributed by atoms with E-state index in [9.17, 15) is 0 Å². The largest absolute Gasteiger partial charge is 0.361 e. The average Bonchev–Trinajstić information content (AvgIpc) is 3.26. The van der Waals surface area contributed by atoms with Crippen molar-refractivity contribution in [3.8, 4) is 0 Å². The third-order valence-electron chi connectivity index (χ3n) is 4.30. The minimum absolute atomic E-state index is 0.591. The van der Waals surface area contributed by atoms with Gasteiger partial charge in [0.05, 0.1) is 5.69 Å². The van der Waals surface area contributed by atoms with Gasteiger partial charge in [0.2, 0.25) is 0 Å². The molecule has 1 aliphatic rings. The third kappa shape index (κ3) is 3.94. The monoisotopic (exact) mass is 284 g/mol. The summed E-state index contributed by atoms with van der Waals surface area (Å²) in [6.45, 7) is 4.24. The Morgan fingerprint density at radius 2 is 2.05 bits per heavy atom. The molecule has 1 atom stereocenters. The predicted octanol–water partition coefficient (Wildman–Crippen LogP) is 4.18. The lowest BCUT2D eigenvalue weighted by molar-refractivity contribution is 0.297. The molecule has 0 amide bonds. The molecule has 3 nitrogen and oxygen atoms in total. The molecular weight excluding hydrogens is 260 g/mol. The van der Waals surface area contributed by atoms with E-state index >= 15 is 0 Å². The van der Waals surface area contributed by atoms with Crippen LogP contribution in [0.3, 0.4) is 0 Å². The minimum Gasteiger partial charge on any atom is -0.361 e. The number of hydrogen-bond donors (Lipinski definition) is 0. The Balaban J connectivity index is 1.46. The van der Waals surface area contributed by atoms with Gasteiger partial charge in [-0.2, -0.15) is 0 Å². The van der Waals surface area contributed by atoms with Gasteiger partial charge in [-0.25, -0.2) is 0 Å². The van der Waals surface area contributed by atoms with Crippen molar-refractivity contribution < 1.29 is 4.52 Å². The smallest absolute Gasteiger partial charge is 0.140 e. The Morgan fingerprint density at radius 3 is 2.76 bits per heavy atom. The molecule has 0 bridgehead atoms. The maximum Gasteiger partial charge on any atom is 0.140 e. The van der Waals surface area contributed by atoms with Crippen molar-refractivity contribution in [1.82, 2.24) is 10.1 Å². The normalized spacial score (nSPS) is 16.3. The molecule has 0 aliphatic heterocycles. The van der Waals surface area contributed by atoms with E-state index in [0.29, 0.717) is 11.8 Å². The maximum atomic E-state index is 5.41. The first-order chi connectivity index (χ1) is 10.2. The fourth-order valence-corrected chi connectivity index (χ4v) is 2.68. The molecule has 21 heavy (non-hydrogen) atoms. The highest BCUT2D eigenvalue weighted by molar-refractivity contribution is 5.18. The van der Waals surface area contributed by atoms with Crippen LogP contribution in [0.5, 0.6) is 0 Å². The fraction of sp³-hybridized carbons (Fsp3) is 0.500. The summed E-state index contributed by atoms with van der Waals surface area (Å²) >= 11 is 0. The Kier molecular flexibility index (Phi) is 4.39. The SMILES string of the molecule is C[C@H](CCN(C)Cc1cc(C2CC2)on1)c1ccccc1. The van der Waals surface area contributed by atoms with E-state index in [1.54, 1.807) is 0 Å². The predicted molar refractivity (Wildman–Crippen MR) is 84.3 cm³/mol. The van der Waals surface area contributed by atoms with E-state index < -0.39 is 0 Å². The molecule has 3 rings (SSSR count). The molecule has 0 radical (unpaired) electrons. The molecule has 3 heteroatoms. The lowest BCUT2D eigenvalue weighted by atomic mass is 9.98. The van der Waals surface area contributed by atoms with Crippen LogP contribution in [-0.4, -0.2) is 23.6 Å². The summed E-state index contributed by atoms with van der Waals surface area (Å²) in [7, 11) is 2.16. The topological polar surface area (TPSA) is 29.3 Å². The first-order valence-electron chi connectivity index (χ1n) is 7.91. The Bertz CT molecular complexity index is 560. The van der Waals surface area contributed by atoms with Crippen LogP contribution >= 0.6 is 0 Å². The van der Waals surface area contributed by atoms with Crippen molar-refractivity contribution in [3.05, 3.63) is 53.4 Å². The molecule has 1 fully saturated rings. The van der Waals surface area contributed by atoms with Gasteiger partial charge in [-0.05, 0) is 44.3 Å². The van der Waals surface area contributed by atoms with Gasteiger partial charge >= 0.3 is 0 Å². The summed E-state index contributed by atoms with van der Waals surface area (Å²) in [6.07, 6.45) is 3.69. The Hall–Kier alpha value is -1.61. The minimum atomic E-state index is 0.591. The van der Waals surface area contributed by atoms with Crippen LogP contribution in [0, 0.1) is 0 Å².